The van der Waals surface area contributed by atoms with Gasteiger partial charge in [-0.3, -0.25) is 0 Å². The highest BCUT2D eigenvalue weighted by atomic mass is 16.5. The quantitative estimate of drug-likeness (QED) is 0.523. The molecule has 3 heteroatoms. The minimum Gasteiger partial charge on any atom is -0.382 e. The Bertz CT molecular complexity index is 127. The molecule has 0 aliphatic carbocycles. The van der Waals surface area contributed by atoms with Crippen LogP contribution in [0.3, 0.4) is 0 Å². The van der Waals surface area contributed by atoms with Gasteiger partial charge in [0.15, 0.2) is 0 Å². The molecule has 0 fully saturated rings. The summed E-state index contributed by atoms with van der Waals surface area (Å²) in [6.07, 6.45) is 4.90. The molecule has 0 heterocycles. The van der Waals surface area contributed by atoms with Crippen molar-refractivity contribution in [1.82, 2.24) is 5.32 Å². The summed E-state index contributed by atoms with van der Waals surface area (Å²) in [6.45, 7) is 9.08. The molecule has 1 N–H and O–H groups in total. The number of rotatable bonds is 12. The average Bonchev–Trinajstić information content (AvgIpc) is 2.32. The van der Waals surface area contributed by atoms with Crippen LogP contribution in [0.25, 0.3) is 0 Å². The molecule has 0 rings (SSSR count). The first kappa shape index (κ1) is 15.9. The molecule has 98 valence electrons. The van der Waals surface area contributed by atoms with Crippen molar-refractivity contribution >= 4 is 0 Å². The smallest absolute Gasteiger partial charge is 0.0700 e. The summed E-state index contributed by atoms with van der Waals surface area (Å²) in [7, 11) is 1.70. The van der Waals surface area contributed by atoms with Gasteiger partial charge in [-0.25, -0.2) is 0 Å². The maximum Gasteiger partial charge on any atom is 0.0700 e. The lowest BCUT2D eigenvalue weighted by molar-refractivity contribution is 0.0688. The van der Waals surface area contributed by atoms with Gasteiger partial charge in [0, 0.05) is 13.7 Å². The van der Waals surface area contributed by atoms with Crippen LogP contribution in [0.4, 0.5) is 0 Å². The number of unbranched alkanes of at least 4 members (excludes halogenated alkanes) is 1. The Labute approximate surface area is 101 Å². The van der Waals surface area contributed by atoms with Crippen molar-refractivity contribution in [2.75, 3.05) is 40.0 Å². The predicted molar refractivity (Wildman–Crippen MR) is 68.9 cm³/mol. The predicted octanol–water partition coefficient (Wildman–Crippen LogP) is 2.46. The van der Waals surface area contributed by atoms with Crippen molar-refractivity contribution < 1.29 is 9.47 Å². The molecule has 0 spiro atoms. The summed E-state index contributed by atoms with van der Waals surface area (Å²) in [5.41, 5.74) is 0. The molecule has 0 aliphatic heterocycles. The first-order valence-electron chi connectivity index (χ1n) is 6.62. The summed E-state index contributed by atoms with van der Waals surface area (Å²) in [6, 6.07) is 0. The SMILES string of the molecule is CCC(CC)CNCCCCOCCOC. The second-order valence-corrected chi connectivity index (χ2v) is 4.20. The second kappa shape index (κ2) is 12.9. The molecule has 0 saturated heterocycles. The van der Waals surface area contributed by atoms with Gasteiger partial charge in [-0.05, 0) is 31.8 Å². The normalized spacial score (nSPS) is 11.2. The lowest BCUT2D eigenvalue weighted by Crippen LogP contribution is -2.23. The molecule has 0 bridgehead atoms. The minimum absolute atomic E-state index is 0.701. The van der Waals surface area contributed by atoms with E-state index in [0.717, 1.165) is 38.6 Å². The standard InChI is InChI=1S/C13H29NO2/c1-4-13(5-2)12-14-8-6-7-9-16-11-10-15-3/h13-14H,4-12H2,1-3H3. The van der Waals surface area contributed by atoms with Crippen molar-refractivity contribution in [2.45, 2.75) is 39.5 Å². The molecular formula is C13H29NO2. The molecule has 0 saturated carbocycles. The Morgan fingerprint density at radius 2 is 1.75 bits per heavy atom. The Kier molecular flexibility index (Phi) is 12.9. The maximum absolute atomic E-state index is 5.39. The summed E-state index contributed by atoms with van der Waals surface area (Å²) >= 11 is 0. The summed E-state index contributed by atoms with van der Waals surface area (Å²) in [5, 5.41) is 3.51. The van der Waals surface area contributed by atoms with E-state index >= 15 is 0 Å². The fourth-order valence-electron chi connectivity index (χ4n) is 1.58. The third-order valence-corrected chi connectivity index (χ3v) is 2.91. The van der Waals surface area contributed by atoms with Crippen LogP contribution in [0, 0.1) is 5.92 Å². The molecule has 16 heavy (non-hydrogen) atoms. The van der Waals surface area contributed by atoms with Crippen molar-refractivity contribution in [3.8, 4) is 0 Å². The van der Waals surface area contributed by atoms with Gasteiger partial charge in [0.25, 0.3) is 0 Å². The second-order valence-electron chi connectivity index (χ2n) is 4.20. The minimum atomic E-state index is 0.701. The van der Waals surface area contributed by atoms with Gasteiger partial charge >= 0.3 is 0 Å². The molecule has 0 aromatic rings. The highest BCUT2D eigenvalue weighted by Crippen LogP contribution is 2.04. The van der Waals surface area contributed by atoms with E-state index in [9.17, 15) is 0 Å². The van der Waals surface area contributed by atoms with E-state index < -0.39 is 0 Å². The van der Waals surface area contributed by atoms with Crippen LogP contribution < -0.4 is 5.32 Å². The average molecular weight is 231 g/mol. The number of ether oxygens (including phenoxy) is 2. The zero-order valence-corrected chi connectivity index (χ0v) is 11.3. The first-order valence-corrected chi connectivity index (χ1v) is 6.62. The van der Waals surface area contributed by atoms with Gasteiger partial charge in [-0.1, -0.05) is 26.7 Å². The zero-order chi connectivity index (χ0) is 12.1. The highest BCUT2D eigenvalue weighted by molar-refractivity contribution is 4.58. The molecule has 0 amide bonds. The molecule has 3 nitrogen and oxygen atoms in total. The van der Waals surface area contributed by atoms with E-state index in [2.05, 4.69) is 19.2 Å². The summed E-state index contributed by atoms with van der Waals surface area (Å²) < 4.78 is 10.3. The van der Waals surface area contributed by atoms with Crippen LogP contribution in [0.15, 0.2) is 0 Å². The van der Waals surface area contributed by atoms with Gasteiger partial charge in [-0.2, -0.15) is 0 Å². The van der Waals surface area contributed by atoms with E-state index in [1.807, 2.05) is 0 Å². The van der Waals surface area contributed by atoms with Gasteiger partial charge < -0.3 is 14.8 Å². The molecule has 0 unspecified atom stereocenters. The zero-order valence-electron chi connectivity index (χ0n) is 11.3. The van der Waals surface area contributed by atoms with E-state index in [1.165, 1.54) is 19.3 Å². The van der Waals surface area contributed by atoms with Crippen LogP contribution in [0.5, 0.6) is 0 Å². The fourth-order valence-corrected chi connectivity index (χ4v) is 1.58. The van der Waals surface area contributed by atoms with Gasteiger partial charge in [0.2, 0.25) is 0 Å². The number of hydrogen-bond donors (Lipinski definition) is 1. The topological polar surface area (TPSA) is 30.5 Å². The van der Waals surface area contributed by atoms with Crippen LogP contribution in [0.2, 0.25) is 0 Å². The summed E-state index contributed by atoms with van der Waals surface area (Å²) in [5.74, 6) is 0.845. The van der Waals surface area contributed by atoms with Gasteiger partial charge in [0.05, 0.1) is 13.2 Å². The van der Waals surface area contributed by atoms with Crippen LogP contribution in [0.1, 0.15) is 39.5 Å². The van der Waals surface area contributed by atoms with Gasteiger partial charge in [-0.15, -0.1) is 0 Å². The Hall–Kier alpha value is -0.120. The van der Waals surface area contributed by atoms with Gasteiger partial charge in [0.1, 0.15) is 0 Å². The molecule has 0 aliphatic rings. The Morgan fingerprint density at radius 1 is 1.00 bits per heavy atom. The van der Waals surface area contributed by atoms with E-state index in [4.69, 9.17) is 9.47 Å². The number of nitrogens with one attached hydrogen (secondary N) is 1. The molecule has 0 aromatic carbocycles. The number of hydrogen-bond acceptors (Lipinski definition) is 3. The lowest BCUT2D eigenvalue weighted by atomic mass is 10.0. The van der Waals surface area contributed by atoms with Crippen molar-refractivity contribution in [1.29, 1.82) is 0 Å². The van der Waals surface area contributed by atoms with E-state index in [0.29, 0.717) is 6.61 Å². The van der Waals surface area contributed by atoms with E-state index in [1.54, 1.807) is 7.11 Å². The van der Waals surface area contributed by atoms with Crippen LogP contribution in [-0.4, -0.2) is 40.0 Å². The lowest BCUT2D eigenvalue weighted by Gasteiger charge is -2.13. The molecule has 0 radical (unpaired) electrons. The van der Waals surface area contributed by atoms with E-state index in [-0.39, 0.29) is 0 Å². The van der Waals surface area contributed by atoms with Crippen LogP contribution in [-0.2, 0) is 9.47 Å². The first-order chi connectivity index (χ1) is 7.85. The molecule has 0 atom stereocenters. The maximum atomic E-state index is 5.39. The van der Waals surface area contributed by atoms with Crippen molar-refractivity contribution in [3.63, 3.8) is 0 Å². The fraction of sp³-hybridized carbons (Fsp3) is 1.00. The number of methoxy groups -OCH3 is 1. The molecular weight excluding hydrogens is 202 g/mol. The monoisotopic (exact) mass is 231 g/mol. The summed E-state index contributed by atoms with van der Waals surface area (Å²) in [4.78, 5) is 0. The largest absolute Gasteiger partial charge is 0.382 e. The van der Waals surface area contributed by atoms with Crippen LogP contribution >= 0.6 is 0 Å². The Balaban J connectivity index is 3.03. The Morgan fingerprint density at radius 3 is 2.38 bits per heavy atom. The van der Waals surface area contributed by atoms with Crippen molar-refractivity contribution in [2.24, 2.45) is 5.92 Å². The van der Waals surface area contributed by atoms with Crippen molar-refractivity contribution in [3.05, 3.63) is 0 Å². The molecule has 0 aromatic heterocycles. The third-order valence-electron chi connectivity index (χ3n) is 2.91. The third kappa shape index (κ3) is 10.4. The highest BCUT2D eigenvalue weighted by Gasteiger charge is 2.01.